The van der Waals surface area contributed by atoms with Gasteiger partial charge in [-0.05, 0) is 69.4 Å². The van der Waals surface area contributed by atoms with E-state index < -0.39 is 34.5 Å². The maximum atomic E-state index is 14.7. The summed E-state index contributed by atoms with van der Waals surface area (Å²) in [6.07, 6.45) is 0.672. The van der Waals surface area contributed by atoms with Crippen LogP contribution in [0.2, 0.25) is 5.02 Å². The predicted molar refractivity (Wildman–Crippen MR) is 217 cm³/mol. The Kier molecular flexibility index (Phi) is 10.8. The molecule has 0 unspecified atom stereocenters. The van der Waals surface area contributed by atoms with Gasteiger partial charge in [-0.3, -0.25) is 14.4 Å². The monoisotopic (exact) mass is 862 g/mol. The number of anilines is 2. The van der Waals surface area contributed by atoms with Crippen LogP contribution in [0.3, 0.4) is 0 Å². The maximum Gasteiger partial charge on any atom is 0.416 e. The van der Waals surface area contributed by atoms with Crippen molar-refractivity contribution in [3.63, 3.8) is 0 Å². The largest absolute Gasteiger partial charge is 0.504 e. The Bertz CT molecular complexity index is 2600. The molecular formula is C40H42ClF3N12O5. The van der Waals surface area contributed by atoms with Gasteiger partial charge in [0.2, 0.25) is 11.7 Å². The van der Waals surface area contributed by atoms with Crippen molar-refractivity contribution in [1.29, 1.82) is 0 Å². The summed E-state index contributed by atoms with van der Waals surface area (Å²) < 4.78 is 42.9. The zero-order chi connectivity index (χ0) is 43.4. The van der Waals surface area contributed by atoms with Gasteiger partial charge in [0.1, 0.15) is 18.7 Å². The first kappa shape index (κ1) is 41.4. The number of likely N-dealkylation sites (tertiary alicyclic amines) is 1. The number of piperidine rings is 1. The molecule has 2 aliphatic heterocycles. The minimum absolute atomic E-state index is 0.0249. The van der Waals surface area contributed by atoms with E-state index >= 15 is 0 Å². The van der Waals surface area contributed by atoms with Gasteiger partial charge in [-0.25, -0.2) is 19.7 Å². The second-order valence-corrected chi connectivity index (χ2v) is 16.1. The Morgan fingerprint density at radius 2 is 1.70 bits per heavy atom. The first-order chi connectivity index (χ1) is 29.0. The molecule has 0 saturated carbocycles. The van der Waals surface area contributed by atoms with E-state index in [0.717, 1.165) is 18.2 Å². The number of aromatic hydroxyl groups is 1. The highest BCUT2D eigenvalue weighted by atomic mass is 35.5. The molecule has 4 amide bonds. The lowest BCUT2D eigenvalue weighted by Gasteiger charge is -2.45. The van der Waals surface area contributed by atoms with Gasteiger partial charge in [0, 0.05) is 81.8 Å². The van der Waals surface area contributed by atoms with Crippen LogP contribution in [0.25, 0.3) is 17.2 Å². The number of aromatic nitrogens is 7. The van der Waals surface area contributed by atoms with E-state index in [1.807, 2.05) is 6.07 Å². The van der Waals surface area contributed by atoms with Gasteiger partial charge in [0.25, 0.3) is 11.5 Å². The van der Waals surface area contributed by atoms with E-state index in [2.05, 4.69) is 30.3 Å². The van der Waals surface area contributed by atoms with Crippen LogP contribution in [0.5, 0.6) is 5.75 Å². The molecular weight excluding hydrogens is 821 g/mol. The van der Waals surface area contributed by atoms with E-state index in [9.17, 15) is 37.5 Å². The SMILES string of the molecule is Cc1ncnc(C(=O)N2CCC3(CCCc4c3c(=O)n3nc(-c5ccc(N6CCN(C(=O)N(C)C)CC6)nc5)nc3n4CC(=O)Nc3ccc(C(F)(F)F)cc3Cl)CC2)c1O. The molecule has 0 radical (unpaired) electrons. The third-order valence-electron chi connectivity index (χ3n) is 11.8. The van der Waals surface area contributed by atoms with Crippen LogP contribution in [0, 0.1) is 6.92 Å². The normalized spacial score (nSPS) is 16.5. The number of aryl methyl sites for hydroxylation is 1. The zero-order valence-corrected chi connectivity index (χ0v) is 34.3. The van der Waals surface area contributed by atoms with E-state index in [4.69, 9.17) is 16.6 Å². The second-order valence-electron chi connectivity index (χ2n) is 15.7. The van der Waals surface area contributed by atoms with E-state index in [1.54, 1.807) is 52.5 Å². The first-order valence-electron chi connectivity index (χ1n) is 19.7. The number of hydrogen-bond acceptors (Lipinski definition) is 11. The topological polar surface area (TPSA) is 187 Å². The van der Waals surface area contributed by atoms with Crippen molar-refractivity contribution in [2.75, 3.05) is 63.6 Å². The fourth-order valence-corrected chi connectivity index (χ4v) is 8.78. The molecule has 0 atom stereocenters. The number of nitrogens with zero attached hydrogens (tertiary/aromatic N) is 11. The van der Waals surface area contributed by atoms with Gasteiger partial charge in [-0.2, -0.15) is 22.7 Å². The van der Waals surface area contributed by atoms with Crippen molar-refractivity contribution in [3.05, 3.63) is 86.4 Å². The summed E-state index contributed by atoms with van der Waals surface area (Å²) in [5, 5.41) is 17.5. The first-order valence-corrected chi connectivity index (χ1v) is 20.1. The number of halogens is 4. The second kappa shape index (κ2) is 15.9. The van der Waals surface area contributed by atoms with Crippen molar-refractivity contribution in [2.24, 2.45) is 0 Å². The number of urea groups is 1. The number of piperazine rings is 1. The highest BCUT2D eigenvalue weighted by molar-refractivity contribution is 6.33. The van der Waals surface area contributed by atoms with Gasteiger partial charge in [0.15, 0.2) is 17.3 Å². The smallest absolute Gasteiger partial charge is 0.416 e. The number of nitrogens with one attached hydrogen (secondary N) is 1. The lowest BCUT2D eigenvalue weighted by molar-refractivity contribution is -0.137. The molecule has 5 aromatic rings. The van der Waals surface area contributed by atoms with Crippen molar-refractivity contribution < 1.29 is 32.7 Å². The molecule has 320 valence electrons. The number of carbonyl (C=O) groups is 3. The molecule has 1 spiro atoms. The fourth-order valence-electron chi connectivity index (χ4n) is 8.55. The zero-order valence-electron chi connectivity index (χ0n) is 33.5. The highest BCUT2D eigenvalue weighted by Gasteiger charge is 2.45. The summed E-state index contributed by atoms with van der Waals surface area (Å²) in [6.45, 7) is 3.94. The van der Waals surface area contributed by atoms with E-state index in [1.165, 1.54) is 10.8 Å². The Balaban J connectivity index is 1.13. The van der Waals surface area contributed by atoms with Crippen LogP contribution >= 0.6 is 11.6 Å². The maximum absolute atomic E-state index is 14.7. The summed E-state index contributed by atoms with van der Waals surface area (Å²) in [4.78, 5) is 78.8. The fraction of sp³-hybridized carbons (Fsp3) is 0.425. The van der Waals surface area contributed by atoms with Crippen LogP contribution in [0.15, 0.2) is 47.7 Å². The van der Waals surface area contributed by atoms with Crippen LogP contribution < -0.4 is 15.8 Å². The van der Waals surface area contributed by atoms with Gasteiger partial charge in [-0.15, -0.1) is 5.10 Å². The lowest BCUT2D eigenvalue weighted by atomic mass is 9.66. The Labute approximate surface area is 351 Å². The summed E-state index contributed by atoms with van der Waals surface area (Å²) in [6, 6.07) is 6.19. The Hall–Kier alpha value is -6.31. The van der Waals surface area contributed by atoms with Crippen LogP contribution in [-0.4, -0.2) is 125 Å². The summed E-state index contributed by atoms with van der Waals surface area (Å²) in [5.41, 5.74) is -0.411. The quantitative estimate of drug-likeness (QED) is 0.247. The molecule has 8 rings (SSSR count). The predicted octanol–water partition coefficient (Wildman–Crippen LogP) is 4.38. The van der Waals surface area contributed by atoms with Gasteiger partial charge in [-0.1, -0.05) is 11.6 Å². The number of amides is 4. The molecule has 2 saturated heterocycles. The van der Waals surface area contributed by atoms with Crippen molar-refractivity contribution in [3.8, 4) is 17.1 Å². The molecule has 2 N–H and O–H groups in total. The summed E-state index contributed by atoms with van der Waals surface area (Å²) in [7, 11) is 3.43. The van der Waals surface area contributed by atoms with Crippen molar-refractivity contribution in [1.82, 2.24) is 48.8 Å². The number of fused-ring (bicyclic) bond motifs is 3. The lowest BCUT2D eigenvalue weighted by Crippen LogP contribution is -2.51. The molecule has 1 aromatic carbocycles. The molecule has 1 aliphatic carbocycles. The average Bonchev–Trinajstić information content (AvgIpc) is 3.70. The highest BCUT2D eigenvalue weighted by Crippen LogP contribution is 2.44. The van der Waals surface area contributed by atoms with Gasteiger partial charge >= 0.3 is 12.2 Å². The number of rotatable bonds is 6. The van der Waals surface area contributed by atoms with Crippen LogP contribution in [-0.2, 0) is 29.4 Å². The summed E-state index contributed by atoms with van der Waals surface area (Å²) >= 11 is 6.20. The Morgan fingerprint density at radius 3 is 2.36 bits per heavy atom. The molecule has 21 heteroatoms. The minimum Gasteiger partial charge on any atom is -0.504 e. The standard InChI is InChI=1S/C40H42ClF3N12O5/c1-23-33(58)32(47-22-46-23)36(60)53-13-11-39(12-14-53)10-4-5-28-31(39)35(59)56-37(55(28)21-30(57)48-27-8-7-25(19-26(27)41)40(42,43)44)49-34(50-56)24-6-9-29(45-20-24)52-15-17-54(18-16-52)38(61)51(2)3/h6-9,19-20,22,58H,4-5,10-18,21H2,1-3H3,(H,48,57). The van der Waals surface area contributed by atoms with E-state index in [-0.39, 0.29) is 65.1 Å². The summed E-state index contributed by atoms with van der Waals surface area (Å²) in [5.74, 6) is -0.429. The number of alkyl halides is 3. The third kappa shape index (κ3) is 7.79. The van der Waals surface area contributed by atoms with E-state index in [0.29, 0.717) is 80.9 Å². The van der Waals surface area contributed by atoms with Crippen LogP contribution in [0.1, 0.15) is 58.7 Å². The number of carbonyl (C=O) groups excluding carboxylic acids is 3. The third-order valence-corrected chi connectivity index (χ3v) is 12.1. The molecule has 6 heterocycles. The molecule has 3 aliphatic rings. The molecule has 61 heavy (non-hydrogen) atoms. The number of hydrogen-bond donors (Lipinski definition) is 2. The van der Waals surface area contributed by atoms with Crippen molar-refractivity contribution >= 4 is 46.7 Å². The Morgan fingerprint density at radius 1 is 0.967 bits per heavy atom. The van der Waals surface area contributed by atoms with Gasteiger partial charge < -0.3 is 34.6 Å². The van der Waals surface area contributed by atoms with Gasteiger partial charge in [0.05, 0.1) is 22.0 Å². The molecule has 17 nitrogen and oxygen atoms in total. The molecule has 4 aromatic heterocycles. The number of benzene rings is 1. The average molecular weight is 863 g/mol. The molecule has 0 bridgehead atoms. The number of pyridine rings is 1. The minimum atomic E-state index is -4.63. The van der Waals surface area contributed by atoms with Crippen molar-refractivity contribution in [2.45, 2.75) is 57.2 Å². The van der Waals surface area contributed by atoms with Crippen LogP contribution in [0.4, 0.5) is 29.5 Å². The molecule has 2 fully saturated rings.